The van der Waals surface area contributed by atoms with Crippen LogP contribution in [0, 0.1) is 6.92 Å². The van der Waals surface area contributed by atoms with Crippen molar-refractivity contribution in [2.75, 3.05) is 18.5 Å². The van der Waals surface area contributed by atoms with Crippen LogP contribution in [0.1, 0.15) is 35.8 Å². The van der Waals surface area contributed by atoms with Crippen LogP contribution in [0.5, 0.6) is 0 Å². The Morgan fingerprint density at radius 1 is 1.30 bits per heavy atom. The number of benzene rings is 1. The van der Waals surface area contributed by atoms with E-state index in [4.69, 9.17) is 16.3 Å². The van der Waals surface area contributed by atoms with E-state index in [1.807, 2.05) is 13.0 Å². The van der Waals surface area contributed by atoms with Gasteiger partial charge in [0.05, 0.1) is 17.3 Å². The molecule has 10 heteroatoms. The second-order valence-electron chi connectivity index (χ2n) is 7.14. The van der Waals surface area contributed by atoms with Crippen LogP contribution in [-0.4, -0.2) is 48.4 Å². The van der Waals surface area contributed by atoms with Gasteiger partial charge < -0.3 is 14.6 Å². The molecule has 0 bridgehead atoms. The summed E-state index contributed by atoms with van der Waals surface area (Å²) in [5, 5.41) is 3.12. The van der Waals surface area contributed by atoms with E-state index in [1.54, 1.807) is 26.1 Å². The summed E-state index contributed by atoms with van der Waals surface area (Å²) >= 11 is 6.18. The van der Waals surface area contributed by atoms with E-state index >= 15 is 0 Å². The Balaban J connectivity index is 1.84. The summed E-state index contributed by atoms with van der Waals surface area (Å²) in [6.45, 7) is 3.95. The summed E-state index contributed by atoms with van der Waals surface area (Å²) in [7, 11) is -2.41. The van der Waals surface area contributed by atoms with Gasteiger partial charge in [-0.05, 0) is 50.5 Å². The minimum atomic E-state index is -3.98. The van der Waals surface area contributed by atoms with E-state index in [9.17, 15) is 18.0 Å². The van der Waals surface area contributed by atoms with Gasteiger partial charge in [0.1, 0.15) is 16.6 Å². The number of hydrogen-bond donors (Lipinski definition) is 1. The van der Waals surface area contributed by atoms with Crippen LogP contribution in [0.4, 0.5) is 5.69 Å². The predicted molar refractivity (Wildman–Crippen MR) is 113 cm³/mol. The molecule has 1 aliphatic rings. The van der Waals surface area contributed by atoms with Gasteiger partial charge in [-0.1, -0.05) is 17.7 Å². The first-order valence-corrected chi connectivity index (χ1v) is 11.4. The monoisotopic (exact) mass is 453 g/mol. The fourth-order valence-corrected chi connectivity index (χ4v) is 5.46. The van der Waals surface area contributed by atoms with Crippen molar-refractivity contribution in [3.05, 3.63) is 46.7 Å². The minimum Gasteiger partial charge on any atom is -0.461 e. The number of aromatic nitrogens is 1. The molecule has 1 aliphatic heterocycles. The van der Waals surface area contributed by atoms with E-state index in [-0.39, 0.29) is 23.7 Å². The molecule has 1 unspecified atom stereocenters. The average Bonchev–Trinajstić information content (AvgIpc) is 3.32. The molecule has 0 aliphatic carbocycles. The van der Waals surface area contributed by atoms with Crippen molar-refractivity contribution < 1.29 is 22.7 Å². The first-order valence-electron chi connectivity index (χ1n) is 9.57. The number of sulfonamides is 1. The average molecular weight is 454 g/mol. The highest BCUT2D eigenvalue weighted by molar-refractivity contribution is 7.89. The maximum atomic E-state index is 13.2. The van der Waals surface area contributed by atoms with Crippen molar-refractivity contribution in [1.29, 1.82) is 0 Å². The molecule has 0 radical (unpaired) electrons. The van der Waals surface area contributed by atoms with Crippen molar-refractivity contribution in [2.45, 2.75) is 37.6 Å². The van der Waals surface area contributed by atoms with Crippen molar-refractivity contribution in [3.8, 4) is 0 Å². The Morgan fingerprint density at radius 2 is 2.03 bits per heavy atom. The lowest BCUT2D eigenvalue weighted by Crippen LogP contribution is -2.43. The molecule has 0 saturated carbocycles. The molecule has 30 heavy (non-hydrogen) atoms. The highest BCUT2D eigenvalue weighted by atomic mass is 35.5. The zero-order valence-electron chi connectivity index (χ0n) is 17.0. The number of esters is 1. The Bertz CT molecular complexity index is 1080. The minimum absolute atomic E-state index is 0.0545. The number of carbonyl (C=O) groups excluding carboxylic acids is 2. The highest BCUT2D eigenvalue weighted by Gasteiger charge is 2.40. The van der Waals surface area contributed by atoms with E-state index < -0.39 is 27.9 Å². The van der Waals surface area contributed by atoms with Crippen LogP contribution in [0.25, 0.3) is 0 Å². The van der Waals surface area contributed by atoms with Crippen molar-refractivity contribution in [3.63, 3.8) is 0 Å². The molecule has 2 aromatic rings. The third-order valence-corrected chi connectivity index (χ3v) is 7.15. The lowest BCUT2D eigenvalue weighted by atomic mass is 10.2. The van der Waals surface area contributed by atoms with Gasteiger partial charge in [-0.15, -0.1) is 0 Å². The first-order chi connectivity index (χ1) is 14.1. The number of rotatable bonds is 6. The zero-order chi connectivity index (χ0) is 22.1. The molecular formula is C20H24ClN3O5S. The van der Waals surface area contributed by atoms with Gasteiger partial charge in [-0.25, -0.2) is 13.2 Å². The summed E-state index contributed by atoms with van der Waals surface area (Å²) in [6, 6.07) is 5.63. The molecule has 162 valence electrons. The number of anilines is 1. The second kappa shape index (κ2) is 8.79. The lowest BCUT2D eigenvalue weighted by Gasteiger charge is -2.23. The van der Waals surface area contributed by atoms with Gasteiger partial charge in [-0.3, -0.25) is 4.79 Å². The molecule has 8 nitrogen and oxygen atoms in total. The first kappa shape index (κ1) is 22.3. The molecule has 1 N–H and O–H groups in total. The molecular weight excluding hydrogens is 430 g/mol. The maximum Gasteiger partial charge on any atom is 0.354 e. The second-order valence-corrected chi connectivity index (χ2v) is 9.44. The van der Waals surface area contributed by atoms with E-state index in [1.165, 1.54) is 21.1 Å². The van der Waals surface area contributed by atoms with E-state index in [0.717, 1.165) is 5.56 Å². The van der Waals surface area contributed by atoms with E-state index in [2.05, 4.69) is 5.32 Å². The van der Waals surface area contributed by atoms with Crippen molar-refractivity contribution in [1.82, 2.24) is 8.87 Å². The molecule has 1 aromatic heterocycles. The summed E-state index contributed by atoms with van der Waals surface area (Å²) in [5.74, 6) is -1.05. The number of hydrogen-bond acceptors (Lipinski definition) is 5. The van der Waals surface area contributed by atoms with Gasteiger partial charge in [0.15, 0.2) is 0 Å². The Kier molecular flexibility index (Phi) is 6.54. The van der Waals surface area contributed by atoms with Crippen LogP contribution < -0.4 is 5.32 Å². The number of nitrogens with one attached hydrogen (secondary N) is 1. The van der Waals surface area contributed by atoms with E-state index in [0.29, 0.717) is 23.6 Å². The molecule has 2 heterocycles. The van der Waals surface area contributed by atoms with Gasteiger partial charge in [0.2, 0.25) is 15.9 Å². The topological polar surface area (TPSA) is 97.7 Å². The number of amides is 1. The zero-order valence-corrected chi connectivity index (χ0v) is 18.6. The standard InChI is InChI=1S/C20H24ClN3O5S/c1-4-29-20(26)18-11-14(12-23(18)3)30(27,28)24-9-5-6-17(24)19(25)22-16-8-7-13(2)10-15(16)21/h7-8,10-12,17H,4-6,9H2,1-3H3,(H,22,25). The Labute approximate surface area is 180 Å². The molecule has 1 aromatic carbocycles. The maximum absolute atomic E-state index is 13.2. The summed E-state index contributed by atoms with van der Waals surface area (Å²) in [4.78, 5) is 24.8. The third-order valence-electron chi connectivity index (χ3n) is 4.96. The molecule has 3 rings (SSSR count). The Hall–Kier alpha value is -2.36. The largest absolute Gasteiger partial charge is 0.461 e. The lowest BCUT2D eigenvalue weighted by molar-refractivity contribution is -0.119. The number of aryl methyl sites for hydroxylation is 2. The van der Waals surface area contributed by atoms with Crippen molar-refractivity contribution >= 4 is 39.2 Å². The van der Waals surface area contributed by atoms with Crippen LogP contribution in [-0.2, 0) is 26.6 Å². The normalized spacial score (nSPS) is 17.1. The van der Waals surface area contributed by atoms with Crippen LogP contribution in [0.15, 0.2) is 35.4 Å². The highest BCUT2D eigenvalue weighted by Crippen LogP contribution is 2.29. The third kappa shape index (κ3) is 4.38. The predicted octanol–water partition coefficient (Wildman–Crippen LogP) is 2.96. The SMILES string of the molecule is CCOC(=O)c1cc(S(=O)(=O)N2CCCC2C(=O)Nc2ccc(C)cc2Cl)cn1C. The number of nitrogens with zero attached hydrogens (tertiary/aromatic N) is 2. The number of halogens is 1. The van der Waals surface area contributed by atoms with Gasteiger partial charge >= 0.3 is 5.97 Å². The molecule has 0 spiro atoms. The molecule has 1 amide bonds. The van der Waals surface area contributed by atoms with Gasteiger partial charge in [0.25, 0.3) is 0 Å². The molecule has 1 fully saturated rings. The van der Waals surface area contributed by atoms with Crippen LogP contribution in [0.2, 0.25) is 5.02 Å². The van der Waals surface area contributed by atoms with Crippen LogP contribution >= 0.6 is 11.6 Å². The smallest absolute Gasteiger partial charge is 0.354 e. The molecule has 1 atom stereocenters. The van der Waals surface area contributed by atoms with Crippen molar-refractivity contribution in [2.24, 2.45) is 7.05 Å². The summed E-state index contributed by atoms with van der Waals surface area (Å²) in [5.41, 5.74) is 1.51. The van der Waals surface area contributed by atoms with Gasteiger partial charge in [0, 0.05) is 19.8 Å². The molecule has 1 saturated heterocycles. The number of ether oxygens (including phenoxy) is 1. The fourth-order valence-electron chi connectivity index (χ4n) is 3.45. The summed E-state index contributed by atoms with van der Waals surface area (Å²) < 4.78 is 34.0. The Morgan fingerprint density at radius 3 is 2.70 bits per heavy atom. The fraction of sp³-hybridized carbons (Fsp3) is 0.400. The van der Waals surface area contributed by atoms with Gasteiger partial charge in [-0.2, -0.15) is 4.31 Å². The van der Waals surface area contributed by atoms with Crippen LogP contribution in [0.3, 0.4) is 0 Å². The number of carbonyl (C=O) groups is 2. The summed E-state index contributed by atoms with van der Waals surface area (Å²) in [6.07, 6.45) is 2.30. The quantitative estimate of drug-likeness (QED) is 0.678.